The second-order valence-electron chi connectivity index (χ2n) is 8.77. The van der Waals surface area contributed by atoms with E-state index in [1.807, 2.05) is 0 Å². The summed E-state index contributed by atoms with van der Waals surface area (Å²) >= 11 is 0. The fourth-order valence-electron chi connectivity index (χ4n) is 6.24. The number of esters is 1. The second-order valence-corrected chi connectivity index (χ2v) is 8.77. The fourth-order valence-corrected chi connectivity index (χ4v) is 6.24. The van der Waals surface area contributed by atoms with Crippen LogP contribution >= 0.6 is 0 Å². The van der Waals surface area contributed by atoms with Crippen LogP contribution in [-0.2, 0) is 9.53 Å². The summed E-state index contributed by atoms with van der Waals surface area (Å²) in [7, 11) is 1.54. The molecule has 2 nitrogen and oxygen atoms in total. The molecule has 2 saturated carbocycles. The number of hydrogen-bond donors (Lipinski definition) is 0. The maximum Gasteiger partial charge on any atom is 0.311 e. The van der Waals surface area contributed by atoms with Crippen molar-refractivity contribution < 1.29 is 9.53 Å². The van der Waals surface area contributed by atoms with Gasteiger partial charge in [-0.2, -0.15) is 0 Å². The minimum absolute atomic E-state index is 0.00485. The van der Waals surface area contributed by atoms with E-state index in [-0.39, 0.29) is 22.2 Å². The van der Waals surface area contributed by atoms with Gasteiger partial charge in [0.1, 0.15) is 0 Å². The summed E-state index contributed by atoms with van der Waals surface area (Å²) in [6.07, 6.45) is 12.7. The maximum absolute atomic E-state index is 12.6. The predicted molar refractivity (Wildman–Crippen MR) is 93.9 cm³/mol. The molecule has 128 valence electrons. The van der Waals surface area contributed by atoms with E-state index in [2.05, 4.69) is 39.5 Å². The second kappa shape index (κ2) is 5.50. The van der Waals surface area contributed by atoms with Crippen LogP contribution in [0.2, 0.25) is 0 Å². The summed E-state index contributed by atoms with van der Waals surface area (Å²) in [5.41, 5.74) is 1.67. The Labute approximate surface area is 141 Å². The van der Waals surface area contributed by atoms with Crippen LogP contribution in [-0.4, -0.2) is 13.1 Å². The lowest BCUT2D eigenvalue weighted by atomic mass is 9.44. The van der Waals surface area contributed by atoms with Gasteiger partial charge in [0, 0.05) is 0 Å². The van der Waals surface area contributed by atoms with E-state index in [9.17, 15) is 4.79 Å². The highest BCUT2D eigenvalue weighted by atomic mass is 16.5. The van der Waals surface area contributed by atoms with Crippen LogP contribution < -0.4 is 0 Å². The van der Waals surface area contributed by atoms with Gasteiger partial charge >= 0.3 is 5.97 Å². The summed E-state index contributed by atoms with van der Waals surface area (Å²) in [6.45, 7) is 11.1. The molecule has 0 amide bonds. The van der Waals surface area contributed by atoms with Crippen LogP contribution in [0, 0.1) is 28.1 Å². The zero-order valence-corrected chi connectivity index (χ0v) is 15.3. The maximum atomic E-state index is 12.6. The first-order chi connectivity index (χ1) is 10.8. The molecule has 0 bridgehead atoms. The number of rotatable bonds is 2. The number of carbonyl (C=O) groups excluding carboxylic acids is 1. The molecule has 0 N–H and O–H groups in total. The molecule has 0 aromatic carbocycles. The largest absolute Gasteiger partial charge is 0.469 e. The number of allylic oxidation sites excluding steroid dienone is 3. The Morgan fingerprint density at radius 1 is 1.26 bits per heavy atom. The van der Waals surface area contributed by atoms with Gasteiger partial charge in [0.15, 0.2) is 0 Å². The zero-order valence-electron chi connectivity index (χ0n) is 15.3. The molecule has 3 aliphatic rings. The van der Waals surface area contributed by atoms with Crippen LogP contribution in [0.25, 0.3) is 0 Å². The van der Waals surface area contributed by atoms with Gasteiger partial charge in [-0.3, -0.25) is 4.79 Å². The molecule has 23 heavy (non-hydrogen) atoms. The van der Waals surface area contributed by atoms with Crippen molar-refractivity contribution in [3.05, 3.63) is 24.3 Å². The summed E-state index contributed by atoms with van der Waals surface area (Å²) in [5, 5.41) is 0. The van der Waals surface area contributed by atoms with Crippen LogP contribution in [0.5, 0.6) is 0 Å². The Hall–Kier alpha value is -1.05. The third-order valence-corrected chi connectivity index (χ3v) is 7.67. The smallest absolute Gasteiger partial charge is 0.311 e. The van der Waals surface area contributed by atoms with E-state index in [0.717, 1.165) is 25.7 Å². The third-order valence-electron chi connectivity index (χ3n) is 7.67. The van der Waals surface area contributed by atoms with Crippen molar-refractivity contribution in [2.45, 2.75) is 65.7 Å². The topological polar surface area (TPSA) is 26.3 Å². The molecule has 3 aliphatic carbocycles. The lowest BCUT2D eigenvalue weighted by Gasteiger charge is -2.59. The minimum Gasteiger partial charge on any atom is -0.469 e. The average molecular weight is 316 g/mol. The van der Waals surface area contributed by atoms with Crippen molar-refractivity contribution in [3.8, 4) is 0 Å². The van der Waals surface area contributed by atoms with Gasteiger partial charge in [0.2, 0.25) is 0 Å². The fraction of sp³-hybridized carbons (Fsp3) is 0.762. The van der Waals surface area contributed by atoms with Gasteiger partial charge in [0.05, 0.1) is 12.5 Å². The number of hydrogen-bond acceptors (Lipinski definition) is 2. The molecular weight excluding hydrogens is 284 g/mol. The van der Waals surface area contributed by atoms with Crippen molar-refractivity contribution in [1.29, 1.82) is 0 Å². The predicted octanol–water partition coefficient (Wildman–Crippen LogP) is 5.29. The standard InChI is InChI=1S/C21H32O2/c1-6-19(2)12-7-9-16-15(19)10-11-17-20(16,3)13-8-14-21(17,4)18(22)23-5/h6,9,15,17H,1,7-8,10-14H2,2-5H3/t15-,17?,19+,20+,21-/m1/s1. The summed E-state index contributed by atoms with van der Waals surface area (Å²) < 4.78 is 5.21. The molecule has 0 saturated heterocycles. The Kier molecular flexibility index (Phi) is 4.01. The van der Waals surface area contributed by atoms with Crippen LogP contribution in [0.15, 0.2) is 24.3 Å². The Morgan fingerprint density at radius 3 is 2.65 bits per heavy atom. The van der Waals surface area contributed by atoms with Gasteiger partial charge in [-0.15, -0.1) is 6.58 Å². The summed E-state index contributed by atoms with van der Waals surface area (Å²) in [6, 6.07) is 0. The normalized spacial score (nSPS) is 46.2. The lowest BCUT2D eigenvalue weighted by molar-refractivity contribution is -0.164. The van der Waals surface area contributed by atoms with Crippen LogP contribution in [0.1, 0.15) is 65.7 Å². The van der Waals surface area contributed by atoms with E-state index in [0.29, 0.717) is 11.8 Å². The summed E-state index contributed by atoms with van der Waals surface area (Å²) in [4.78, 5) is 12.6. The average Bonchev–Trinajstić information content (AvgIpc) is 2.54. The van der Waals surface area contributed by atoms with Crippen LogP contribution in [0.4, 0.5) is 0 Å². The SMILES string of the molecule is C=C[C@@]1(C)CCC=C2[C@H]1CCC1[C@](C)(C(=O)OC)CCC[C@@]21C. The molecule has 0 heterocycles. The first-order valence-corrected chi connectivity index (χ1v) is 9.24. The van der Waals surface area contributed by atoms with Gasteiger partial charge in [-0.05, 0) is 68.1 Å². The molecule has 0 radical (unpaired) electrons. The van der Waals surface area contributed by atoms with Crippen LogP contribution in [0.3, 0.4) is 0 Å². The Morgan fingerprint density at radius 2 is 2.00 bits per heavy atom. The van der Waals surface area contributed by atoms with Gasteiger partial charge in [0.25, 0.3) is 0 Å². The number of methoxy groups -OCH3 is 1. The third kappa shape index (κ3) is 2.24. The van der Waals surface area contributed by atoms with E-state index in [4.69, 9.17) is 4.74 Å². The van der Waals surface area contributed by atoms with E-state index in [1.54, 1.807) is 12.7 Å². The van der Waals surface area contributed by atoms with Crippen molar-refractivity contribution >= 4 is 5.97 Å². The number of ether oxygens (including phenoxy) is 1. The molecule has 1 unspecified atom stereocenters. The van der Waals surface area contributed by atoms with Crippen molar-refractivity contribution in [2.75, 3.05) is 7.11 Å². The van der Waals surface area contributed by atoms with Gasteiger partial charge in [-0.25, -0.2) is 0 Å². The molecule has 0 aromatic rings. The molecule has 3 rings (SSSR count). The zero-order chi connectivity index (χ0) is 16.9. The van der Waals surface area contributed by atoms with Gasteiger partial charge in [-0.1, -0.05) is 38.0 Å². The van der Waals surface area contributed by atoms with Crippen molar-refractivity contribution in [2.24, 2.45) is 28.1 Å². The van der Waals surface area contributed by atoms with E-state index in [1.165, 1.54) is 19.3 Å². The summed E-state index contributed by atoms with van der Waals surface area (Å²) in [5.74, 6) is 1.01. The quantitative estimate of drug-likeness (QED) is 0.511. The lowest BCUT2D eigenvalue weighted by Crippen LogP contribution is -2.54. The van der Waals surface area contributed by atoms with E-state index >= 15 is 0 Å². The first kappa shape index (κ1) is 16.8. The highest BCUT2D eigenvalue weighted by molar-refractivity contribution is 5.77. The Bertz CT molecular complexity index is 548. The molecule has 2 fully saturated rings. The highest BCUT2D eigenvalue weighted by Gasteiger charge is 2.59. The van der Waals surface area contributed by atoms with Crippen molar-refractivity contribution in [1.82, 2.24) is 0 Å². The molecular formula is C21H32O2. The molecule has 5 atom stereocenters. The molecule has 0 aliphatic heterocycles. The number of fused-ring (bicyclic) bond motifs is 3. The molecule has 2 heteroatoms. The molecule has 0 spiro atoms. The van der Waals surface area contributed by atoms with Gasteiger partial charge < -0.3 is 4.74 Å². The first-order valence-electron chi connectivity index (χ1n) is 9.24. The van der Waals surface area contributed by atoms with E-state index < -0.39 is 0 Å². The molecule has 0 aromatic heterocycles. The monoisotopic (exact) mass is 316 g/mol. The van der Waals surface area contributed by atoms with Crippen molar-refractivity contribution in [3.63, 3.8) is 0 Å². The Balaban J connectivity index is 2.03. The number of carbonyl (C=O) groups is 1. The highest BCUT2D eigenvalue weighted by Crippen LogP contribution is 2.65. The minimum atomic E-state index is -0.324.